The molecule has 1 heterocycles. The molecule has 1 aromatic heterocycles. The molecule has 0 unspecified atom stereocenters. The number of ether oxygens (including phenoxy) is 1. The first kappa shape index (κ1) is 19.4. The number of benzene rings is 2. The van der Waals surface area contributed by atoms with Crippen molar-refractivity contribution in [2.45, 2.75) is 38.8 Å². The van der Waals surface area contributed by atoms with E-state index in [2.05, 4.69) is 21.0 Å². The molecule has 0 atom stereocenters. The molecule has 6 nitrogen and oxygen atoms in total. The van der Waals surface area contributed by atoms with Crippen LogP contribution in [0.5, 0.6) is 5.88 Å². The van der Waals surface area contributed by atoms with Gasteiger partial charge in [-0.15, -0.1) is 5.10 Å². The Labute approximate surface area is 166 Å². The maximum atomic E-state index is 11.1. The molecule has 0 bridgehead atoms. The first-order chi connectivity index (χ1) is 13.2. The van der Waals surface area contributed by atoms with Crippen LogP contribution in [0.15, 0.2) is 48.5 Å². The van der Waals surface area contributed by atoms with Gasteiger partial charge in [-0.3, -0.25) is 14.8 Å². The van der Waals surface area contributed by atoms with Gasteiger partial charge in [0.15, 0.2) is 0 Å². The van der Waals surface area contributed by atoms with Crippen molar-refractivity contribution in [3.63, 3.8) is 0 Å². The van der Waals surface area contributed by atoms with E-state index in [9.17, 15) is 10.1 Å². The van der Waals surface area contributed by atoms with Crippen LogP contribution in [0.1, 0.15) is 31.2 Å². The average Bonchev–Trinajstić information content (AvgIpc) is 3.04. The first-order valence-corrected chi connectivity index (χ1v) is 10.2. The van der Waals surface area contributed by atoms with Crippen molar-refractivity contribution in [2.75, 3.05) is 5.33 Å². The van der Waals surface area contributed by atoms with E-state index in [1.807, 2.05) is 35.0 Å². The SMILES string of the molecule is O=[N+]([O-])c1ccc2c(c1)c(OCc1ccccc1)nn2CCCCCCBr. The molecule has 27 heavy (non-hydrogen) atoms. The van der Waals surface area contributed by atoms with Gasteiger partial charge in [0, 0.05) is 24.0 Å². The molecule has 7 heteroatoms. The number of halogens is 1. The summed E-state index contributed by atoms with van der Waals surface area (Å²) in [6, 6.07) is 14.6. The molecule has 0 fully saturated rings. The van der Waals surface area contributed by atoms with Crippen molar-refractivity contribution >= 4 is 32.5 Å². The highest BCUT2D eigenvalue weighted by atomic mass is 79.9. The van der Waals surface area contributed by atoms with Crippen LogP contribution in [-0.4, -0.2) is 20.0 Å². The van der Waals surface area contributed by atoms with Crippen molar-refractivity contribution in [2.24, 2.45) is 0 Å². The topological polar surface area (TPSA) is 70.2 Å². The third-order valence-electron chi connectivity index (χ3n) is 4.38. The maximum absolute atomic E-state index is 11.1. The van der Waals surface area contributed by atoms with Crippen molar-refractivity contribution in [3.8, 4) is 5.88 Å². The molecule has 0 amide bonds. The summed E-state index contributed by atoms with van der Waals surface area (Å²) in [6.07, 6.45) is 4.48. The van der Waals surface area contributed by atoms with Gasteiger partial charge in [0.1, 0.15) is 6.61 Å². The number of aromatic nitrogens is 2. The van der Waals surface area contributed by atoms with Crippen LogP contribution >= 0.6 is 15.9 Å². The van der Waals surface area contributed by atoms with Gasteiger partial charge in [-0.2, -0.15) is 0 Å². The molecular weight excluding hydrogens is 410 g/mol. The Morgan fingerprint density at radius 1 is 1.07 bits per heavy atom. The van der Waals surface area contributed by atoms with Crippen LogP contribution in [0.25, 0.3) is 10.9 Å². The van der Waals surface area contributed by atoms with Crippen LogP contribution in [0.3, 0.4) is 0 Å². The predicted molar refractivity (Wildman–Crippen MR) is 109 cm³/mol. The summed E-state index contributed by atoms with van der Waals surface area (Å²) < 4.78 is 7.80. The molecule has 142 valence electrons. The zero-order chi connectivity index (χ0) is 19.1. The molecule has 0 saturated heterocycles. The van der Waals surface area contributed by atoms with Crippen molar-refractivity contribution < 1.29 is 9.66 Å². The highest BCUT2D eigenvalue weighted by Crippen LogP contribution is 2.29. The minimum Gasteiger partial charge on any atom is -0.471 e. The number of aryl methyl sites for hydroxylation is 1. The Morgan fingerprint density at radius 2 is 1.85 bits per heavy atom. The molecule has 0 spiro atoms. The lowest BCUT2D eigenvalue weighted by molar-refractivity contribution is -0.384. The van der Waals surface area contributed by atoms with E-state index >= 15 is 0 Å². The van der Waals surface area contributed by atoms with Gasteiger partial charge in [-0.1, -0.05) is 59.1 Å². The second kappa shape index (κ2) is 9.50. The van der Waals surface area contributed by atoms with E-state index in [4.69, 9.17) is 4.74 Å². The monoisotopic (exact) mass is 431 g/mol. The molecule has 2 aromatic carbocycles. The normalized spacial score (nSPS) is 11.0. The van der Waals surface area contributed by atoms with Crippen LogP contribution in [0, 0.1) is 10.1 Å². The largest absolute Gasteiger partial charge is 0.471 e. The Hall–Kier alpha value is -2.41. The van der Waals surface area contributed by atoms with Crippen molar-refractivity contribution in [1.82, 2.24) is 9.78 Å². The van der Waals surface area contributed by atoms with Gasteiger partial charge in [-0.25, -0.2) is 0 Å². The second-order valence-electron chi connectivity index (χ2n) is 6.36. The maximum Gasteiger partial charge on any atom is 0.270 e. The number of nitro groups is 1. The average molecular weight is 432 g/mol. The Kier molecular flexibility index (Phi) is 6.81. The van der Waals surface area contributed by atoms with Crippen LogP contribution in [0.4, 0.5) is 5.69 Å². The molecule has 0 aliphatic rings. The van der Waals surface area contributed by atoms with E-state index in [1.54, 1.807) is 12.1 Å². The summed E-state index contributed by atoms with van der Waals surface area (Å²) in [5.74, 6) is 0.443. The molecule has 0 radical (unpaired) electrons. The third-order valence-corrected chi connectivity index (χ3v) is 4.94. The smallest absolute Gasteiger partial charge is 0.270 e. The number of nitrogens with zero attached hydrogens (tertiary/aromatic N) is 3. The lowest BCUT2D eigenvalue weighted by Crippen LogP contribution is -2.01. The van der Waals surface area contributed by atoms with E-state index in [0.29, 0.717) is 17.9 Å². The summed E-state index contributed by atoms with van der Waals surface area (Å²) in [5, 5.41) is 17.4. The van der Waals surface area contributed by atoms with Crippen molar-refractivity contribution in [3.05, 3.63) is 64.2 Å². The molecule has 0 aliphatic heterocycles. The summed E-state index contributed by atoms with van der Waals surface area (Å²) in [4.78, 5) is 10.8. The lowest BCUT2D eigenvalue weighted by atomic mass is 10.2. The number of fused-ring (bicyclic) bond motifs is 1. The number of unbranched alkanes of at least 4 members (excludes halogenated alkanes) is 3. The zero-order valence-corrected chi connectivity index (χ0v) is 16.6. The fourth-order valence-corrected chi connectivity index (χ4v) is 3.36. The first-order valence-electron chi connectivity index (χ1n) is 9.06. The number of non-ortho nitro benzene ring substituents is 1. The Bertz CT molecular complexity index is 896. The lowest BCUT2D eigenvalue weighted by Gasteiger charge is -2.04. The highest BCUT2D eigenvalue weighted by molar-refractivity contribution is 9.09. The van der Waals surface area contributed by atoms with Crippen LogP contribution in [-0.2, 0) is 13.2 Å². The number of rotatable bonds is 10. The van der Waals surface area contributed by atoms with Crippen LogP contribution in [0.2, 0.25) is 0 Å². The van der Waals surface area contributed by atoms with E-state index in [0.717, 1.165) is 42.2 Å². The van der Waals surface area contributed by atoms with Gasteiger partial charge in [0.25, 0.3) is 5.69 Å². The van der Waals surface area contributed by atoms with Gasteiger partial charge in [0.05, 0.1) is 15.8 Å². The van der Waals surface area contributed by atoms with Gasteiger partial charge >= 0.3 is 0 Å². The number of hydrogen-bond acceptors (Lipinski definition) is 4. The summed E-state index contributed by atoms with van der Waals surface area (Å²) in [6.45, 7) is 1.15. The zero-order valence-electron chi connectivity index (χ0n) is 15.0. The standard InChI is InChI=1S/C20H22BrN3O3/c21-12-6-1-2-7-13-23-19-11-10-17(24(25)26)14-18(19)20(22-23)27-15-16-8-4-3-5-9-16/h3-5,8-11,14H,1-2,6-7,12-13,15H2. The van der Waals surface area contributed by atoms with Gasteiger partial charge in [-0.05, 0) is 24.5 Å². The molecular formula is C20H22BrN3O3. The summed E-state index contributed by atoms with van der Waals surface area (Å²) in [5.41, 5.74) is 1.94. The molecule has 3 aromatic rings. The van der Waals surface area contributed by atoms with E-state index < -0.39 is 4.92 Å². The predicted octanol–water partition coefficient (Wildman–Crippen LogP) is 5.48. The number of hydrogen-bond donors (Lipinski definition) is 0. The Balaban J connectivity index is 1.81. The fourth-order valence-electron chi connectivity index (χ4n) is 2.96. The highest BCUT2D eigenvalue weighted by Gasteiger charge is 2.16. The van der Waals surface area contributed by atoms with E-state index in [-0.39, 0.29) is 5.69 Å². The fraction of sp³-hybridized carbons (Fsp3) is 0.350. The minimum atomic E-state index is -0.391. The molecule has 0 saturated carbocycles. The van der Waals surface area contributed by atoms with Gasteiger partial charge < -0.3 is 4.74 Å². The summed E-state index contributed by atoms with van der Waals surface area (Å²) >= 11 is 3.45. The number of alkyl halides is 1. The van der Waals surface area contributed by atoms with E-state index in [1.165, 1.54) is 12.5 Å². The quantitative estimate of drug-likeness (QED) is 0.184. The molecule has 0 N–H and O–H groups in total. The third kappa shape index (κ3) is 5.07. The van der Waals surface area contributed by atoms with Crippen molar-refractivity contribution in [1.29, 1.82) is 0 Å². The van der Waals surface area contributed by atoms with Gasteiger partial charge in [0.2, 0.25) is 5.88 Å². The second-order valence-corrected chi connectivity index (χ2v) is 7.16. The number of nitro benzene ring substituents is 1. The Morgan fingerprint density at radius 3 is 2.59 bits per heavy atom. The summed E-state index contributed by atoms with van der Waals surface area (Å²) in [7, 11) is 0. The molecule has 0 aliphatic carbocycles. The minimum absolute atomic E-state index is 0.0453. The molecule has 3 rings (SSSR count). The van der Waals surface area contributed by atoms with Crippen LogP contribution < -0.4 is 4.74 Å².